The van der Waals surface area contributed by atoms with Crippen LogP contribution in [0.4, 0.5) is 0 Å². The molecule has 18 heavy (non-hydrogen) atoms. The number of hydrogen-bond acceptors (Lipinski definition) is 5. The Kier molecular flexibility index (Phi) is 5.57. The lowest BCUT2D eigenvalue weighted by atomic mass is 10.0. The second kappa shape index (κ2) is 6.95. The fourth-order valence-corrected chi connectivity index (χ4v) is 2.27. The Labute approximate surface area is 110 Å². The van der Waals surface area contributed by atoms with E-state index in [1.807, 2.05) is 13.8 Å². The number of aryl methyl sites for hydroxylation is 1. The fourth-order valence-electron chi connectivity index (χ4n) is 1.56. The van der Waals surface area contributed by atoms with Crippen molar-refractivity contribution in [2.75, 3.05) is 0 Å². The highest BCUT2D eigenvalue weighted by atomic mass is 32.1. The number of oxime groups is 1. The van der Waals surface area contributed by atoms with Gasteiger partial charge in [0.25, 0.3) is 0 Å². The molecular weight excluding hydrogens is 252 g/mol. The van der Waals surface area contributed by atoms with Crippen LogP contribution in [0.5, 0.6) is 0 Å². The molecule has 0 aliphatic heterocycles. The molecule has 1 amide bonds. The Balaban J connectivity index is 2.60. The number of thiazole rings is 1. The number of amides is 1. The van der Waals surface area contributed by atoms with Crippen molar-refractivity contribution in [3.8, 4) is 0 Å². The molecule has 0 radical (unpaired) electrons. The first-order valence-corrected chi connectivity index (χ1v) is 6.62. The van der Waals surface area contributed by atoms with Crippen LogP contribution in [0.2, 0.25) is 0 Å². The first-order chi connectivity index (χ1) is 8.60. The number of nitrogens with two attached hydrogens (primary N) is 1. The molecular formula is C11H18N4O2S. The number of carbonyl (C=O) groups is 1. The monoisotopic (exact) mass is 270 g/mol. The minimum atomic E-state index is -0.576. The summed E-state index contributed by atoms with van der Waals surface area (Å²) in [5, 5.41) is 14.4. The van der Waals surface area contributed by atoms with E-state index in [0.717, 1.165) is 17.0 Å². The maximum atomic E-state index is 11.9. The maximum absolute atomic E-state index is 11.9. The summed E-state index contributed by atoms with van der Waals surface area (Å²) >= 11 is 1.49. The average molecular weight is 270 g/mol. The summed E-state index contributed by atoms with van der Waals surface area (Å²) in [6.07, 6.45) is 1.34. The molecule has 1 heterocycles. The Hall–Kier alpha value is -1.63. The van der Waals surface area contributed by atoms with Crippen LogP contribution in [0.25, 0.3) is 0 Å². The predicted molar refractivity (Wildman–Crippen MR) is 70.5 cm³/mol. The third kappa shape index (κ3) is 3.69. The van der Waals surface area contributed by atoms with Crippen molar-refractivity contribution in [2.45, 2.75) is 33.2 Å². The van der Waals surface area contributed by atoms with Gasteiger partial charge in [-0.05, 0) is 13.3 Å². The van der Waals surface area contributed by atoms with Crippen LogP contribution in [-0.2, 0) is 11.3 Å². The number of aromatic nitrogens is 1. The van der Waals surface area contributed by atoms with Crippen LogP contribution in [-0.4, -0.2) is 21.9 Å². The van der Waals surface area contributed by atoms with Gasteiger partial charge < -0.3 is 16.3 Å². The summed E-state index contributed by atoms with van der Waals surface area (Å²) in [5.41, 5.74) is 8.17. The number of carbonyl (C=O) groups excluding carboxylic acids is 1. The highest BCUT2D eigenvalue weighted by molar-refractivity contribution is 7.09. The maximum Gasteiger partial charge on any atom is 0.231 e. The number of hydrogen-bond donors (Lipinski definition) is 3. The second-order valence-electron chi connectivity index (χ2n) is 3.94. The Morgan fingerprint density at radius 2 is 2.44 bits per heavy atom. The van der Waals surface area contributed by atoms with Gasteiger partial charge in [-0.25, -0.2) is 4.98 Å². The molecule has 6 nitrogen and oxygen atoms in total. The molecule has 0 aromatic carbocycles. The summed E-state index contributed by atoms with van der Waals surface area (Å²) in [7, 11) is 0. The highest BCUT2D eigenvalue weighted by Gasteiger charge is 2.22. The minimum Gasteiger partial charge on any atom is -0.409 e. The molecule has 4 N–H and O–H groups in total. The quantitative estimate of drug-likeness (QED) is 0.313. The van der Waals surface area contributed by atoms with Gasteiger partial charge in [0, 0.05) is 4.88 Å². The molecule has 1 atom stereocenters. The smallest absolute Gasteiger partial charge is 0.231 e. The highest BCUT2D eigenvalue weighted by Crippen LogP contribution is 2.12. The number of rotatable bonds is 6. The largest absolute Gasteiger partial charge is 0.409 e. The number of amidine groups is 1. The van der Waals surface area contributed by atoms with Gasteiger partial charge in [-0.3, -0.25) is 4.79 Å². The van der Waals surface area contributed by atoms with Crippen LogP contribution in [0.15, 0.2) is 10.7 Å². The van der Waals surface area contributed by atoms with Crippen LogP contribution in [0.3, 0.4) is 0 Å². The zero-order valence-electron chi connectivity index (χ0n) is 10.5. The molecule has 7 heteroatoms. The summed E-state index contributed by atoms with van der Waals surface area (Å²) in [5.74, 6) is -0.844. The van der Waals surface area contributed by atoms with Crippen molar-refractivity contribution < 1.29 is 10.0 Å². The van der Waals surface area contributed by atoms with E-state index in [9.17, 15) is 4.79 Å². The molecule has 1 aromatic rings. The zero-order valence-corrected chi connectivity index (χ0v) is 11.3. The van der Waals surface area contributed by atoms with E-state index in [1.165, 1.54) is 11.3 Å². The SMILES string of the molecule is CCCC(C(=O)NCc1scnc1C)C(N)=NO. The van der Waals surface area contributed by atoms with Crippen molar-refractivity contribution >= 4 is 23.1 Å². The van der Waals surface area contributed by atoms with Crippen molar-refractivity contribution in [2.24, 2.45) is 16.8 Å². The second-order valence-corrected chi connectivity index (χ2v) is 4.88. The molecule has 0 fully saturated rings. The molecule has 0 saturated heterocycles. The van der Waals surface area contributed by atoms with Crippen LogP contribution < -0.4 is 11.1 Å². The van der Waals surface area contributed by atoms with Crippen LogP contribution >= 0.6 is 11.3 Å². The fraction of sp³-hybridized carbons (Fsp3) is 0.545. The van der Waals surface area contributed by atoms with Gasteiger partial charge in [-0.15, -0.1) is 11.3 Å². The van der Waals surface area contributed by atoms with E-state index >= 15 is 0 Å². The van der Waals surface area contributed by atoms with Gasteiger partial charge in [0.05, 0.1) is 23.7 Å². The first-order valence-electron chi connectivity index (χ1n) is 5.74. The van der Waals surface area contributed by atoms with Crippen LogP contribution in [0.1, 0.15) is 30.3 Å². The molecule has 0 bridgehead atoms. The van der Waals surface area contributed by atoms with E-state index < -0.39 is 5.92 Å². The molecule has 1 unspecified atom stereocenters. The van der Waals surface area contributed by atoms with Crippen LogP contribution in [0, 0.1) is 12.8 Å². The molecule has 100 valence electrons. The first kappa shape index (κ1) is 14.4. The summed E-state index contributed by atoms with van der Waals surface area (Å²) < 4.78 is 0. The molecule has 0 aliphatic rings. The van der Waals surface area contributed by atoms with Gasteiger partial charge in [-0.1, -0.05) is 18.5 Å². The van der Waals surface area contributed by atoms with Crippen molar-refractivity contribution in [1.29, 1.82) is 0 Å². The van der Waals surface area contributed by atoms with E-state index in [1.54, 1.807) is 5.51 Å². The van der Waals surface area contributed by atoms with Crippen molar-refractivity contribution in [1.82, 2.24) is 10.3 Å². The molecule has 0 saturated carbocycles. The van der Waals surface area contributed by atoms with E-state index in [2.05, 4.69) is 15.5 Å². The molecule has 0 spiro atoms. The third-order valence-electron chi connectivity index (χ3n) is 2.63. The van der Waals surface area contributed by atoms with Gasteiger partial charge in [-0.2, -0.15) is 0 Å². The Morgan fingerprint density at radius 1 is 1.72 bits per heavy atom. The predicted octanol–water partition coefficient (Wildman–Crippen LogP) is 1.23. The lowest BCUT2D eigenvalue weighted by Crippen LogP contribution is -2.38. The topological polar surface area (TPSA) is 101 Å². The molecule has 1 rings (SSSR count). The summed E-state index contributed by atoms with van der Waals surface area (Å²) in [6.45, 7) is 4.26. The number of nitrogens with one attached hydrogen (secondary N) is 1. The van der Waals surface area contributed by atoms with E-state index in [-0.39, 0.29) is 11.7 Å². The summed E-state index contributed by atoms with van der Waals surface area (Å²) in [6, 6.07) is 0. The van der Waals surface area contributed by atoms with E-state index in [4.69, 9.17) is 10.9 Å². The average Bonchev–Trinajstić information content (AvgIpc) is 2.77. The lowest BCUT2D eigenvalue weighted by molar-refractivity contribution is -0.123. The lowest BCUT2D eigenvalue weighted by Gasteiger charge is -2.14. The standard InChI is InChI=1S/C11H18N4O2S/c1-3-4-8(10(12)15-17)11(16)13-5-9-7(2)14-6-18-9/h6,8,17H,3-5H2,1-2H3,(H2,12,15)(H,13,16). The summed E-state index contributed by atoms with van der Waals surface area (Å²) in [4.78, 5) is 17.1. The normalized spacial score (nSPS) is 13.3. The van der Waals surface area contributed by atoms with Gasteiger partial charge in [0.2, 0.25) is 5.91 Å². The molecule has 1 aromatic heterocycles. The van der Waals surface area contributed by atoms with Gasteiger partial charge >= 0.3 is 0 Å². The van der Waals surface area contributed by atoms with Crippen molar-refractivity contribution in [3.05, 3.63) is 16.1 Å². The molecule has 0 aliphatic carbocycles. The van der Waals surface area contributed by atoms with Gasteiger partial charge in [0.1, 0.15) is 0 Å². The van der Waals surface area contributed by atoms with Gasteiger partial charge in [0.15, 0.2) is 5.84 Å². The Morgan fingerprint density at radius 3 is 2.94 bits per heavy atom. The zero-order chi connectivity index (χ0) is 13.5. The third-order valence-corrected chi connectivity index (χ3v) is 3.57. The van der Waals surface area contributed by atoms with E-state index in [0.29, 0.717) is 13.0 Å². The van der Waals surface area contributed by atoms with Crippen molar-refractivity contribution in [3.63, 3.8) is 0 Å². The number of nitrogens with zero attached hydrogens (tertiary/aromatic N) is 2. The minimum absolute atomic E-state index is 0.0459. The Bertz CT molecular complexity index is 430.